The highest BCUT2D eigenvalue weighted by Gasteiger charge is 2.22. The fourth-order valence-electron chi connectivity index (χ4n) is 2.25. The van der Waals surface area contributed by atoms with Gasteiger partial charge in [-0.3, -0.25) is 9.10 Å². The summed E-state index contributed by atoms with van der Waals surface area (Å²) in [5.41, 5.74) is 0.766. The highest BCUT2D eigenvalue weighted by molar-refractivity contribution is 7.92. The molecule has 0 unspecified atom stereocenters. The van der Waals surface area contributed by atoms with Gasteiger partial charge in [0.15, 0.2) is 0 Å². The highest BCUT2D eigenvalue weighted by Crippen LogP contribution is 2.25. The minimum Gasteiger partial charge on any atom is -0.352 e. The molecule has 0 bridgehead atoms. The van der Waals surface area contributed by atoms with Gasteiger partial charge in [-0.1, -0.05) is 37.1 Å². The van der Waals surface area contributed by atoms with E-state index in [9.17, 15) is 13.2 Å². The van der Waals surface area contributed by atoms with Gasteiger partial charge >= 0.3 is 0 Å². The van der Waals surface area contributed by atoms with E-state index in [1.54, 1.807) is 36.4 Å². The lowest BCUT2D eigenvalue weighted by Crippen LogP contribution is -2.28. The molecule has 134 valence electrons. The normalized spacial score (nSPS) is 11.2. The monoisotopic (exact) mass is 380 g/mol. The third-order valence-corrected chi connectivity index (χ3v) is 5.76. The highest BCUT2D eigenvalue weighted by atomic mass is 35.5. The van der Waals surface area contributed by atoms with E-state index in [1.165, 1.54) is 19.2 Å². The molecule has 2 rings (SSSR count). The number of nitrogens with one attached hydrogen (secondary N) is 1. The number of hydrogen-bond donors (Lipinski definition) is 1. The summed E-state index contributed by atoms with van der Waals surface area (Å²) in [6, 6.07) is 12.6. The Kier molecular flexibility index (Phi) is 6.45. The summed E-state index contributed by atoms with van der Waals surface area (Å²) in [6.45, 7) is 2.60. The van der Waals surface area contributed by atoms with Crippen LogP contribution in [0.1, 0.15) is 30.1 Å². The number of halogens is 1. The SMILES string of the molecule is CCCCNC(=O)c1cccc(S(=O)(=O)N(C)c2cccc(Cl)c2)c1. The second-order valence-corrected chi connectivity index (χ2v) is 8.00. The summed E-state index contributed by atoms with van der Waals surface area (Å²) >= 11 is 5.94. The molecular weight excluding hydrogens is 360 g/mol. The van der Waals surface area contributed by atoms with Gasteiger partial charge in [0, 0.05) is 24.2 Å². The van der Waals surface area contributed by atoms with Crippen molar-refractivity contribution in [2.24, 2.45) is 0 Å². The van der Waals surface area contributed by atoms with Crippen LogP contribution in [-0.4, -0.2) is 27.9 Å². The van der Waals surface area contributed by atoms with Crippen molar-refractivity contribution < 1.29 is 13.2 Å². The molecule has 0 saturated heterocycles. The van der Waals surface area contributed by atoms with E-state index in [2.05, 4.69) is 5.32 Å². The van der Waals surface area contributed by atoms with Crippen molar-refractivity contribution in [1.82, 2.24) is 5.32 Å². The lowest BCUT2D eigenvalue weighted by Gasteiger charge is -2.20. The number of nitrogens with zero attached hydrogens (tertiary/aromatic N) is 1. The number of rotatable bonds is 7. The average molecular weight is 381 g/mol. The fraction of sp³-hybridized carbons (Fsp3) is 0.278. The first-order valence-electron chi connectivity index (χ1n) is 7.99. The zero-order valence-electron chi connectivity index (χ0n) is 14.2. The molecule has 1 amide bonds. The molecule has 0 aliphatic heterocycles. The molecule has 2 aromatic carbocycles. The summed E-state index contributed by atoms with van der Waals surface area (Å²) in [5, 5.41) is 3.23. The van der Waals surface area contributed by atoms with Crippen molar-refractivity contribution >= 4 is 33.2 Å². The van der Waals surface area contributed by atoms with Crippen molar-refractivity contribution in [3.63, 3.8) is 0 Å². The number of carbonyl (C=O) groups excluding carboxylic acids is 1. The smallest absolute Gasteiger partial charge is 0.264 e. The molecule has 1 N–H and O–H groups in total. The van der Waals surface area contributed by atoms with Gasteiger partial charge in [0.1, 0.15) is 0 Å². The van der Waals surface area contributed by atoms with Crippen molar-refractivity contribution in [1.29, 1.82) is 0 Å². The fourth-order valence-corrected chi connectivity index (χ4v) is 3.67. The lowest BCUT2D eigenvalue weighted by atomic mass is 10.2. The number of anilines is 1. The van der Waals surface area contributed by atoms with Gasteiger partial charge in [-0.15, -0.1) is 0 Å². The molecular formula is C18H21ClN2O3S. The first-order chi connectivity index (χ1) is 11.9. The van der Waals surface area contributed by atoms with Crippen molar-refractivity contribution in [3.05, 3.63) is 59.1 Å². The molecule has 25 heavy (non-hydrogen) atoms. The van der Waals surface area contributed by atoms with Crippen LogP contribution in [0.3, 0.4) is 0 Å². The molecule has 2 aromatic rings. The Morgan fingerprint density at radius 1 is 1.16 bits per heavy atom. The molecule has 0 aliphatic carbocycles. The van der Waals surface area contributed by atoms with E-state index in [0.29, 0.717) is 22.8 Å². The van der Waals surface area contributed by atoms with Gasteiger partial charge in [0.25, 0.3) is 15.9 Å². The minimum atomic E-state index is -3.80. The Labute approximate surface area is 153 Å². The van der Waals surface area contributed by atoms with Crippen LogP contribution in [0.4, 0.5) is 5.69 Å². The topological polar surface area (TPSA) is 66.5 Å². The largest absolute Gasteiger partial charge is 0.352 e. The summed E-state index contributed by atoms with van der Waals surface area (Å²) in [6.07, 6.45) is 1.85. The average Bonchev–Trinajstić information content (AvgIpc) is 2.61. The van der Waals surface area contributed by atoms with Crippen LogP contribution >= 0.6 is 11.6 Å². The molecule has 0 atom stereocenters. The summed E-state index contributed by atoms with van der Waals surface area (Å²) in [5.74, 6) is -0.282. The van der Waals surface area contributed by atoms with E-state index in [0.717, 1.165) is 17.1 Å². The Morgan fingerprint density at radius 3 is 2.56 bits per heavy atom. The van der Waals surface area contributed by atoms with Gasteiger partial charge in [0.05, 0.1) is 10.6 Å². The maximum atomic E-state index is 12.8. The summed E-state index contributed by atoms with van der Waals surface area (Å²) in [7, 11) is -2.34. The first kappa shape index (κ1) is 19.3. The molecule has 7 heteroatoms. The quantitative estimate of drug-likeness (QED) is 0.745. The van der Waals surface area contributed by atoms with Gasteiger partial charge in [-0.25, -0.2) is 8.42 Å². The van der Waals surface area contributed by atoms with Crippen molar-refractivity contribution in [2.75, 3.05) is 17.9 Å². The Bertz CT molecular complexity index is 853. The van der Waals surface area contributed by atoms with Crippen LogP contribution in [0.25, 0.3) is 0 Å². The lowest BCUT2D eigenvalue weighted by molar-refractivity contribution is 0.0953. The van der Waals surface area contributed by atoms with Crippen LogP contribution in [0, 0.1) is 0 Å². The molecule has 0 spiro atoms. The number of benzene rings is 2. The molecule has 0 fully saturated rings. The second kappa shape index (κ2) is 8.36. The molecule has 0 radical (unpaired) electrons. The zero-order chi connectivity index (χ0) is 18.4. The van der Waals surface area contributed by atoms with Gasteiger partial charge in [0.2, 0.25) is 0 Å². The Balaban J connectivity index is 2.27. The minimum absolute atomic E-state index is 0.0538. The predicted molar refractivity (Wildman–Crippen MR) is 101 cm³/mol. The van der Waals surface area contributed by atoms with E-state index in [4.69, 9.17) is 11.6 Å². The van der Waals surface area contributed by atoms with E-state index in [-0.39, 0.29) is 10.8 Å². The number of hydrogen-bond acceptors (Lipinski definition) is 3. The summed E-state index contributed by atoms with van der Waals surface area (Å²) < 4.78 is 26.8. The van der Waals surface area contributed by atoms with Crippen molar-refractivity contribution in [3.8, 4) is 0 Å². The van der Waals surface area contributed by atoms with Crippen LogP contribution in [0.15, 0.2) is 53.4 Å². The molecule has 0 aliphatic rings. The second-order valence-electron chi connectivity index (χ2n) is 5.59. The first-order valence-corrected chi connectivity index (χ1v) is 9.81. The van der Waals surface area contributed by atoms with Crippen LogP contribution < -0.4 is 9.62 Å². The number of sulfonamides is 1. The molecule has 5 nitrogen and oxygen atoms in total. The molecule has 0 saturated carbocycles. The predicted octanol–water partition coefficient (Wildman–Crippen LogP) is 3.70. The van der Waals surface area contributed by atoms with Crippen LogP contribution in [0.2, 0.25) is 5.02 Å². The summed E-state index contributed by atoms with van der Waals surface area (Å²) in [4.78, 5) is 12.2. The van der Waals surface area contributed by atoms with Crippen LogP contribution in [-0.2, 0) is 10.0 Å². The zero-order valence-corrected chi connectivity index (χ0v) is 15.8. The molecule has 0 heterocycles. The Morgan fingerprint density at radius 2 is 1.88 bits per heavy atom. The number of carbonyl (C=O) groups is 1. The maximum Gasteiger partial charge on any atom is 0.264 e. The van der Waals surface area contributed by atoms with Gasteiger partial charge in [-0.05, 0) is 42.8 Å². The maximum absolute atomic E-state index is 12.8. The van der Waals surface area contributed by atoms with E-state index >= 15 is 0 Å². The standard InChI is InChI=1S/C18H21ClN2O3S/c1-3-4-11-20-18(22)14-7-5-10-17(12-14)25(23,24)21(2)16-9-6-8-15(19)13-16/h5-10,12-13H,3-4,11H2,1-2H3,(H,20,22). The third kappa shape index (κ3) is 4.74. The van der Waals surface area contributed by atoms with Gasteiger partial charge in [-0.2, -0.15) is 0 Å². The van der Waals surface area contributed by atoms with Crippen LogP contribution in [0.5, 0.6) is 0 Å². The Hall–Kier alpha value is -2.05. The van der Waals surface area contributed by atoms with E-state index in [1.807, 2.05) is 6.92 Å². The number of amides is 1. The van der Waals surface area contributed by atoms with Crippen molar-refractivity contribution in [2.45, 2.75) is 24.7 Å². The third-order valence-electron chi connectivity index (χ3n) is 3.74. The number of unbranched alkanes of at least 4 members (excludes halogenated alkanes) is 1. The van der Waals surface area contributed by atoms with Gasteiger partial charge < -0.3 is 5.32 Å². The molecule has 0 aromatic heterocycles. The van der Waals surface area contributed by atoms with E-state index < -0.39 is 10.0 Å².